The molecule has 1 fully saturated rings. The van der Waals surface area contributed by atoms with E-state index in [0.29, 0.717) is 23.7 Å². The lowest BCUT2D eigenvalue weighted by Crippen LogP contribution is -2.42. The molecule has 0 spiro atoms. The van der Waals surface area contributed by atoms with Crippen LogP contribution < -0.4 is 4.90 Å². The Balaban J connectivity index is 1.44. The molecule has 1 amide bonds. The molecule has 152 valence electrons. The Hall–Kier alpha value is -2.17. The van der Waals surface area contributed by atoms with Crippen molar-refractivity contribution in [2.45, 2.75) is 24.0 Å². The van der Waals surface area contributed by atoms with Gasteiger partial charge in [0.25, 0.3) is 0 Å². The van der Waals surface area contributed by atoms with Crippen LogP contribution >= 0.6 is 23.1 Å². The van der Waals surface area contributed by atoms with Crippen LogP contribution in [0.25, 0.3) is 0 Å². The van der Waals surface area contributed by atoms with Crippen LogP contribution in [-0.2, 0) is 21.1 Å². The minimum atomic E-state index is -3.10. The van der Waals surface area contributed by atoms with Gasteiger partial charge < -0.3 is 4.90 Å². The molecule has 0 saturated carbocycles. The Morgan fingerprint density at radius 3 is 2.76 bits per heavy atom. The van der Waals surface area contributed by atoms with Crippen molar-refractivity contribution in [3.8, 4) is 0 Å². The molecule has 1 N–H and O–H groups in total. The van der Waals surface area contributed by atoms with Crippen molar-refractivity contribution in [2.24, 2.45) is 0 Å². The SMILES string of the molecule is O=C(CSc1n[nH]c(Cc2cccs2)n1)N(c1ccccc1)C1CCS(=O)(=O)C1. The van der Waals surface area contributed by atoms with E-state index in [0.717, 1.165) is 5.82 Å². The van der Waals surface area contributed by atoms with E-state index in [9.17, 15) is 13.2 Å². The molecule has 10 heteroatoms. The Morgan fingerprint density at radius 1 is 1.24 bits per heavy atom. The highest BCUT2D eigenvalue weighted by atomic mass is 32.2. The molecule has 1 unspecified atom stereocenters. The molecular formula is C19H20N4O3S3. The van der Waals surface area contributed by atoms with Gasteiger partial charge in [-0.05, 0) is 30.0 Å². The molecule has 2 aromatic heterocycles. The van der Waals surface area contributed by atoms with Crippen LogP contribution in [0.1, 0.15) is 17.1 Å². The van der Waals surface area contributed by atoms with Gasteiger partial charge in [0.05, 0.1) is 23.3 Å². The fraction of sp³-hybridized carbons (Fsp3) is 0.316. The smallest absolute Gasteiger partial charge is 0.237 e. The predicted octanol–water partition coefficient (Wildman–Crippen LogP) is 2.77. The Kier molecular flexibility index (Phi) is 6.02. The molecule has 3 heterocycles. The van der Waals surface area contributed by atoms with Crippen molar-refractivity contribution in [2.75, 3.05) is 22.2 Å². The summed E-state index contributed by atoms with van der Waals surface area (Å²) in [5.41, 5.74) is 0.716. The number of thioether (sulfide) groups is 1. The van der Waals surface area contributed by atoms with E-state index < -0.39 is 9.84 Å². The number of nitrogens with one attached hydrogen (secondary N) is 1. The zero-order valence-corrected chi connectivity index (χ0v) is 18.0. The third-order valence-corrected chi connectivity index (χ3v) is 8.09. The summed E-state index contributed by atoms with van der Waals surface area (Å²) >= 11 is 2.91. The monoisotopic (exact) mass is 448 g/mol. The maximum Gasteiger partial charge on any atom is 0.237 e. The van der Waals surface area contributed by atoms with Crippen molar-refractivity contribution in [3.05, 3.63) is 58.5 Å². The van der Waals surface area contributed by atoms with Crippen LogP contribution in [0.2, 0.25) is 0 Å². The number of carbonyl (C=O) groups excluding carboxylic acids is 1. The first kappa shape index (κ1) is 20.1. The average molecular weight is 449 g/mol. The lowest BCUT2D eigenvalue weighted by atomic mass is 10.2. The van der Waals surface area contributed by atoms with Crippen molar-refractivity contribution in [1.29, 1.82) is 0 Å². The number of anilines is 1. The molecule has 29 heavy (non-hydrogen) atoms. The molecule has 0 bridgehead atoms. The molecule has 1 aliphatic rings. The molecule has 4 rings (SSSR count). The van der Waals surface area contributed by atoms with Gasteiger partial charge in [-0.25, -0.2) is 13.4 Å². The van der Waals surface area contributed by atoms with Gasteiger partial charge in [-0.1, -0.05) is 36.0 Å². The zero-order chi connectivity index (χ0) is 20.3. The lowest BCUT2D eigenvalue weighted by molar-refractivity contribution is -0.116. The van der Waals surface area contributed by atoms with Crippen LogP contribution in [0.5, 0.6) is 0 Å². The first-order valence-electron chi connectivity index (χ1n) is 9.14. The standard InChI is InChI=1S/C19H20N4O3S3/c24-18(12-28-19-20-17(21-22-19)11-16-7-4-9-27-16)23(14-5-2-1-3-6-14)15-8-10-29(25,26)13-15/h1-7,9,15H,8,10-13H2,(H,20,21,22). The van der Waals surface area contributed by atoms with Gasteiger partial charge in [-0.2, -0.15) is 0 Å². The first-order valence-corrected chi connectivity index (χ1v) is 12.8. The summed E-state index contributed by atoms with van der Waals surface area (Å²) in [6.07, 6.45) is 1.13. The van der Waals surface area contributed by atoms with Crippen molar-refractivity contribution in [1.82, 2.24) is 15.2 Å². The highest BCUT2D eigenvalue weighted by Gasteiger charge is 2.35. The number of para-hydroxylation sites is 1. The molecule has 1 aromatic carbocycles. The maximum absolute atomic E-state index is 13.0. The van der Waals surface area contributed by atoms with Crippen LogP contribution in [0, 0.1) is 0 Å². The number of hydrogen-bond acceptors (Lipinski definition) is 7. The summed E-state index contributed by atoms with van der Waals surface area (Å²) in [7, 11) is -3.10. The Bertz CT molecular complexity index is 1070. The highest BCUT2D eigenvalue weighted by Crippen LogP contribution is 2.26. The number of H-pyrrole nitrogens is 1. The first-order chi connectivity index (χ1) is 14.0. The fourth-order valence-corrected chi connectivity index (χ4v) is 6.41. The van der Waals surface area contributed by atoms with Crippen LogP contribution in [0.4, 0.5) is 5.69 Å². The summed E-state index contributed by atoms with van der Waals surface area (Å²) in [4.78, 5) is 20.3. The molecule has 3 aromatic rings. The number of sulfone groups is 1. The van der Waals surface area contributed by atoms with Gasteiger partial charge in [-0.3, -0.25) is 9.89 Å². The van der Waals surface area contributed by atoms with Crippen molar-refractivity contribution >= 4 is 44.5 Å². The van der Waals surface area contributed by atoms with Crippen molar-refractivity contribution in [3.63, 3.8) is 0 Å². The summed E-state index contributed by atoms with van der Waals surface area (Å²) < 4.78 is 23.9. The average Bonchev–Trinajstić information content (AvgIpc) is 3.44. The lowest BCUT2D eigenvalue weighted by Gasteiger charge is -2.28. The van der Waals surface area contributed by atoms with Crippen LogP contribution in [0.15, 0.2) is 53.0 Å². The van der Waals surface area contributed by atoms with Gasteiger partial charge in [0, 0.05) is 17.0 Å². The second kappa shape index (κ2) is 8.68. The number of rotatable bonds is 7. The Morgan fingerprint density at radius 2 is 2.07 bits per heavy atom. The minimum absolute atomic E-state index is 0.00389. The van der Waals surface area contributed by atoms with Gasteiger partial charge in [0.1, 0.15) is 5.82 Å². The van der Waals surface area contributed by atoms with E-state index in [1.54, 1.807) is 16.2 Å². The predicted molar refractivity (Wildman–Crippen MR) is 115 cm³/mol. The second-order valence-corrected chi connectivity index (χ2v) is 11.0. The third-order valence-electron chi connectivity index (χ3n) is 4.63. The molecule has 1 aliphatic heterocycles. The van der Waals surface area contributed by atoms with Crippen molar-refractivity contribution < 1.29 is 13.2 Å². The van der Waals surface area contributed by atoms with Gasteiger partial charge >= 0.3 is 0 Å². The number of aromatic nitrogens is 3. The number of carbonyl (C=O) groups is 1. The van der Waals surface area contributed by atoms with Gasteiger partial charge in [-0.15, -0.1) is 16.4 Å². The molecule has 1 atom stereocenters. The van der Waals surface area contributed by atoms with Crippen LogP contribution in [0.3, 0.4) is 0 Å². The minimum Gasteiger partial charge on any atom is -0.308 e. The largest absolute Gasteiger partial charge is 0.308 e. The van der Waals surface area contributed by atoms with Gasteiger partial charge in [0.2, 0.25) is 11.1 Å². The van der Waals surface area contributed by atoms with E-state index in [4.69, 9.17) is 0 Å². The molecule has 0 radical (unpaired) electrons. The Labute approximate surface area is 177 Å². The molecule has 1 saturated heterocycles. The number of aromatic amines is 1. The van der Waals surface area contributed by atoms with E-state index >= 15 is 0 Å². The molecular weight excluding hydrogens is 428 g/mol. The van der Waals surface area contributed by atoms with E-state index in [-0.39, 0.29) is 29.2 Å². The number of amides is 1. The van der Waals surface area contributed by atoms with Crippen LogP contribution in [-0.4, -0.2) is 52.8 Å². The normalized spacial score (nSPS) is 18.0. The van der Waals surface area contributed by atoms with Gasteiger partial charge in [0.15, 0.2) is 9.84 Å². The summed E-state index contributed by atoms with van der Waals surface area (Å²) in [6, 6.07) is 12.9. The third kappa shape index (κ3) is 5.06. The number of nitrogens with zero attached hydrogens (tertiary/aromatic N) is 3. The molecule has 7 nitrogen and oxygen atoms in total. The quantitative estimate of drug-likeness (QED) is 0.559. The summed E-state index contributed by atoms with van der Waals surface area (Å²) in [6.45, 7) is 0. The number of hydrogen-bond donors (Lipinski definition) is 1. The van der Waals surface area contributed by atoms with E-state index in [2.05, 4.69) is 15.2 Å². The highest BCUT2D eigenvalue weighted by molar-refractivity contribution is 7.99. The van der Waals surface area contributed by atoms with E-state index in [1.165, 1.54) is 16.6 Å². The fourth-order valence-electron chi connectivity index (χ4n) is 3.32. The molecule has 0 aliphatic carbocycles. The summed E-state index contributed by atoms with van der Waals surface area (Å²) in [5, 5.41) is 9.63. The maximum atomic E-state index is 13.0. The summed E-state index contributed by atoms with van der Waals surface area (Å²) in [5.74, 6) is 0.872. The number of benzene rings is 1. The zero-order valence-electron chi connectivity index (χ0n) is 15.5. The number of thiophene rings is 1. The van der Waals surface area contributed by atoms with E-state index in [1.807, 2.05) is 47.8 Å². The topological polar surface area (TPSA) is 96.0 Å². The second-order valence-electron chi connectivity index (χ2n) is 6.77.